The Labute approximate surface area is 254 Å². The Morgan fingerprint density at radius 3 is 1.86 bits per heavy atom. The van der Waals surface area contributed by atoms with Gasteiger partial charge in [0, 0.05) is 25.8 Å². The number of nitrogens with one attached hydrogen (secondary N) is 3. The zero-order valence-corrected chi connectivity index (χ0v) is 24.1. The van der Waals surface area contributed by atoms with Crippen LogP contribution in [-0.2, 0) is 36.8 Å². The van der Waals surface area contributed by atoms with Gasteiger partial charge in [-0.2, -0.15) is 0 Å². The summed E-state index contributed by atoms with van der Waals surface area (Å²) in [6.07, 6.45) is 0.0369. The number of rotatable bonds is 18. The average Bonchev–Trinajstić information content (AvgIpc) is 2.97. The van der Waals surface area contributed by atoms with Gasteiger partial charge < -0.3 is 49.1 Å². The second kappa shape index (κ2) is 17.7. The molecular weight excluding hydrogens is 572 g/mol. The first-order valence-corrected chi connectivity index (χ1v) is 13.9. The standard InChI is InChI=1S/C29H40N8O7/c30-20(12-13-24(31)39)25(40)36-22(15-18-8-10-19(38)11-9-18)27(42)35-21(7-4-14-34-29(32)33)26(41)37-23(28(43)44)16-17-5-2-1-3-6-17/h1-3,5-6,8-11,20-23,38H,4,7,12-16,30H2,(H2,31,39)(H,35,42)(H,36,40)(H,37,41)(H,43,44)(H4,32,33,34). The van der Waals surface area contributed by atoms with Crippen molar-refractivity contribution in [3.63, 3.8) is 0 Å². The van der Waals surface area contributed by atoms with E-state index >= 15 is 0 Å². The number of nitrogens with two attached hydrogens (primary N) is 4. The molecule has 0 radical (unpaired) electrons. The van der Waals surface area contributed by atoms with Crippen LogP contribution in [0.1, 0.15) is 36.8 Å². The van der Waals surface area contributed by atoms with E-state index < -0.39 is 53.8 Å². The van der Waals surface area contributed by atoms with Gasteiger partial charge in [-0.05, 0) is 42.5 Å². The summed E-state index contributed by atoms with van der Waals surface area (Å²) >= 11 is 0. The van der Waals surface area contributed by atoms with Crippen molar-refractivity contribution in [3.8, 4) is 5.75 Å². The molecule has 0 heterocycles. The quantitative estimate of drug-likeness (QED) is 0.0526. The maximum atomic E-state index is 13.6. The molecule has 2 aromatic rings. The van der Waals surface area contributed by atoms with Gasteiger partial charge >= 0.3 is 5.97 Å². The van der Waals surface area contributed by atoms with Crippen LogP contribution in [0.5, 0.6) is 5.75 Å². The van der Waals surface area contributed by atoms with Crippen LogP contribution >= 0.6 is 0 Å². The number of primary amides is 1. The van der Waals surface area contributed by atoms with Gasteiger partial charge in [-0.25, -0.2) is 4.79 Å². The number of carboxylic acids is 1. The van der Waals surface area contributed by atoms with Crippen LogP contribution in [0.15, 0.2) is 59.6 Å². The van der Waals surface area contributed by atoms with E-state index in [2.05, 4.69) is 20.9 Å². The number of phenolic OH excluding ortho intramolecular Hbond substituents is 1. The molecule has 2 rings (SSSR count). The van der Waals surface area contributed by atoms with Crippen molar-refractivity contribution in [2.24, 2.45) is 27.9 Å². The lowest BCUT2D eigenvalue weighted by Gasteiger charge is -2.25. The number of amides is 4. The number of carboxylic acid groups (broad SMARTS) is 1. The summed E-state index contributed by atoms with van der Waals surface area (Å²) in [5.41, 5.74) is 23.0. The second-order valence-corrected chi connectivity index (χ2v) is 10.1. The van der Waals surface area contributed by atoms with Crippen molar-refractivity contribution in [1.82, 2.24) is 16.0 Å². The summed E-state index contributed by atoms with van der Waals surface area (Å²) in [5.74, 6) is -4.33. The number of phenols is 1. The smallest absolute Gasteiger partial charge is 0.326 e. The van der Waals surface area contributed by atoms with Gasteiger partial charge in [-0.3, -0.25) is 24.2 Å². The molecule has 13 N–H and O–H groups in total. The van der Waals surface area contributed by atoms with Crippen molar-refractivity contribution >= 4 is 35.6 Å². The Hall–Kier alpha value is -5.18. The Morgan fingerprint density at radius 1 is 0.727 bits per heavy atom. The minimum Gasteiger partial charge on any atom is -0.508 e. The lowest BCUT2D eigenvalue weighted by atomic mass is 10.0. The molecule has 15 nitrogen and oxygen atoms in total. The maximum Gasteiger partial charge on any atom is 0.326 e. The van der Waals surface area contributed by atoms with Crippen LogP contribution in [-0.4, -0.2) is 76.5 Å². The molecule has 4 unspecified atom stereocenters. The fourth-order valence-electron chi connectivity index (χ4n) is 4.15. The molecule has 44 heavy (non-hydrogen) atoms. The van der Waals surface area contributed by atoms with Crippen LogP contribution in [0.4, 0.5) is 0 Å². The lowest BCUT2D eigenvalue weighted by molar-refractivity contribution is -0.142. The molecule has 0 bridgehead atoms. The molecule has 4 atom stereocenters. The van der Waals surface area contributed by atoms with E-state index in [1.165, 1.54) is 12.1 Å². The highest BCUT2D eigenvalue weighted by Gasteiger charge is 2.30. The Morgan fingerprint density at radius 2 is 1.27 bits per heavy atom. The summed E-state index contributed by atoms with van der Waals surface area (Å²) in [6, 6.07) is 9.72. The summed E-state index contributed by atoms with van der Waals surface area (Å²) in [7, 11) is 0. The largest absolute Gasteiger partial charge is 0.508 e. The van der Waals surface area contributed by atoms with E-state index in [0.29, 0.717) is 11.1 Å². The van der Waals surface area contributed by atoms with Gasteiger partial charge in [0.2, 0.25) is 23.6 Å². The third-order valence-electron chi connectivity index (χ3n) is 6.52. The second-order valence-electron chi connectivity index (χ2n) is 10.1. The molecule has 238 valence electrons. The van der Waals surface area contributed by atoms with Crippen LogP contribution in [0.2, 0.25) is 0 Å². The number of guanidine groups is 1. The zero-order chi connectivity index (χ0) is 32.6. The number of aliphatic imine (C=N–C) groups is 1. The number of nitrogens with zero attached hydrogens (tertiary/aromatic N) is 1. The van der Waals surface area contributed by atoms with Crippen molar-refractivity contribution in [2.45, 2.75) is 62.7 Å². The predicted molar refractivity (Wildman–Crippen MR) is 162 cm³/mol. The van der Waals surface area contributed by atoms with Gasteiger partial charge in [0.25, 0.3) is 0 Å². The number of carbonyl (C=O) groups excluding carboxylic acids is 4. The Balaban J connectivity index is 2.27. The SMILES string of the molecule is NC(=O)CCC(N)C(=O)NC(Cc1ccc(O)cc1)C(=O)NC(CCCN=C(N)N)C(=O)NC(Cc1ccccc1)C(=O)O. The maximum absolute atomic E-state index is 13.6. The fourth-order valence-corrected chi connectivity index (χ4v) is 4.15. The monoisotopic (exact) mass is 612 g/mol. The zero-order valence-electron chi connectivity index (χ0n) is 24.1. The highest BCUT2D eigenvalue weighted by Crippen LogP contribution is 2.13. The van der Waals surface area contributed by atoms with Crippen LogP contribution in [0, 0.1) is 0 Å². The Bertz CT molecular complexity index is 1300. The molecule has 15 heteroatoms. The molecule has 0 aliphatic rings. The summed E-state index contributed by atoms with van der Waals surface area (Å²) in [6.45, 7) is 0.136. The lowest BCUT2D eigenvalue weighted by Crippen LogP contribution is -2.57. The van der Waals surface area contributed by atoms with E-state index in [1.54, 1.807) is 42.5 Å². The molecule has 0 aromatic heterocycles. The van der Waals surface area contributed by atoms with E-state index in [0.717, 1.165) is 0 Å². The number of aromatic hydroxyl groups is 1. The van der Waals surface area contributed by atoms with Gasteiger partial charge in [0.05, 0.1) is 6.04 Å². The minimum atomic E-state index is -1.29. The van der Waals surface area contributed by atoms with Crippen molar-refractivity contribution in [1.29, 1.82) is 0 Å². The van der Waals surface area contributed by atoms with Crippen LogP contribution in [0.3, 0.4) is 0 Å². The van der Waals surface area contributed by atoms with Crippen molar-refractivity contribution in [3.05, 3.63) is 65.7 Å². The first kappa shape index (κ1) is 35.0. The minimum absolute atomic E-state index is 0.000688. The predicted octanol–water partition coefficient (Wildman–Crippen LogP) is -1.64. The molecule has 2 aromatic carbocycles. The number of carbonyl (C=O) groups is 5. The first-order chi connectivity index (χ1) is 20.8. The molecule has 0 aliphatic carbocycles. The normalized spacial score (nSPS) is 13.4. The molecule has 0 saturated carbocycles. The van der Waals surface area contributed by atoms with Crippen molar-refractivity contribution in [2.75, 3.05) is 6.54 Å². The van der Waals surface area contributed by atoms with Gasteiger partial charge in [-0.1, -0.05) is 42.5 Å². The third kappa shape index (κ3) is 12.8. The van der Waals surface area contributed by atoms with Crippen LogP contribution in [0.25, 0.3) is 0 Å². The van der Waals surface area contributed by atoms with E-state index in [-0.39, 0.29) is 56.8 Å². The van der Waals surface area contributed by atoms with E-state index in [1.807, 2.05) is 0 Å². The number of hydrogen-bond acceptors (Lipinski definition) is 8. The summed E-state index contributed by atoms with van der Waals surface area (Å²) < 4.78 is 0. The molecule has 0 aliphatic heterocycles. The molecule has 0 saturated heterocycles. The fraction of sp³-hybridized carbons (Fsp3) is 0.379. The summed E-state index contributed by atoms with van der Waals surface area (Å²) in [4.78, 5) is 66.7. The summed E-state index contributed by atoms with van der Waals surface area (Å²) in [5, 5.41) is 27.0. The topological polar surface area (TPSA) is 278 Å². The van der Waals surface area contributed by atoms with Gasteiger partial charge in [0.1, 0.15) is 23.9 Å². The number of benzene rings is 2. The number of aliphatic carboxylic acids is 1. The average molecular weight is 613 g/mol. The highest BCUT2D eigenvalue weighted by molar-refractivity contribution is 5.94. The molecular formula is C29H40N8O7. The molecule has 4 amide bonds. The van der Waals surface area contributed by atoms with Crippen LogP contribution < -0.4 is 38.9 Å². The van der Waals surface area contributed by atoms with E-state index in [4.69, 9.17) is 22.9 Å². The van der Waals surface area contributed by atoms with E-state index in [9.17, 15) is 34.2 Å². The number of hydrogen-bond donors (Lipinski definition) is 9. The van der Waals surface area contributed by atoms with Gasteiger partial charge in [-0.15, -0.1) is 0 Å². The Kier molecular flexibility index (Phi) is 14.1. The van der Waals surface area contributed by atoms with Gasteiger partial charge in [0.15, 0.2) is 5.96 Å². The third-order valence-corrected chi connectivity index (χ3v) is 6.52. The highest BCUT2D eigenvalue weighted by atomic mass is 16.4. The first-order valence-electron chi connectivity index (χ1n) is 13.9. The van der Waals surface area contributed by atoms with Crippen molar-refractivity contribution < 1.29 is 34.2 Å². The molecule has 0 spiro atoms. The molecule has 0 fully saturated rings.